The largest absolute Gasteiger partial charge is 0.322 e. The van der Waals surface area contributed by atoms with Crippen LogP contribution in [0, 0.1) is 6.92 Å². The summed E-state index contributed by atoms with van der Waals surface area (Å²) in [5.41, 5.74) is 3.58. The molecular formula is C11H14N2S. The minimum atomic E-state index is 1.07. The lowest BCUT2D eigenvalue weighted by molar-refractivity contribution is 0.815. The van der Waals surface area contributed by atoms with Crippen molar-refractivity contribution in [2.75, 3.05) is 5.75 Å². The summed E-state index contributed by atoms with van der Waals surface area (Å²) in [6.07, 6.45) is 0. The average molecular weight is 206 g/mol. The number of aromatic nitrogens is 2. The molecule has 0 aliphatic carbocycles. The fourth-order valence-electron chi connectivity index (χ4n) is 1.55. The molecular weight excluding hydrogens is 192 g/mol. The lowest BCUT2D eigenvalue weighted by atomic mass is 10.2. The van der Waals surface area contributed by atoms with Crippen molar-refractivity contribution in [3.05, 3.63) is 23.8 Å². The highest BCUT2D eigenvalue weighted by Gasteiger charge is 2.06. The van der Waals surface area contributed by atoms with Gasteiger partial charge in [0.15, 0.2) is 5.16 Å². The molecule has 2 rings (SSSR count). The van der Waals surface area contributed by atoms with Gasteiger partial charge in [0.25, 0.3) is 0 Å². The van der Waals surface area contributed by atoms with Crippen LogP contribution < -0.4 is 0 Å². The van der Waals surface area contributed by atoms with Crippen molar-refractivity contribution >= 4 is 22.8 Å². The van der Waals surface area contributed by atoms with E-state index in [1.54, 1.807) is 11.8 Å². The van der Waals surface area contributed by atoms with Crippen LogP contribution in [0.1, 0.15) is 12.5 Å². The summed E-state index contributed by atoms with van der Waals surface area (Å²) in [5.74, 6) is 1.07. The Morgan fingerprint density at radius 3 is 2.93 bits per heavy atom. The lowest BCUT2D eigenvalue weighted by Crippen LogP contribution is -1.90. The van der Waals surface area contributed by atoms with Crippen LogP contribution in [0.4, 0.5) is 0 Å². The van der Waals surface area contributed by atoms with E-state index in [2.05, 4.69) is 48.6 Å². The Balaban J connectivity index is 2.61. The Labute approximate surface area is 88.3 Å². The maximum Gasteiger partial charge on any atom is 0.168 e. The predicted octanol–water partition coefficient (Wildman–Crippen LogP) is 2.99. The highest BCUT2D eigenvalue weighted by molar-refractivity contribution is 7.99. The molecule has 0 saturated heterocycles. The molecule has 3 heteroatoms. The Morgan fingerprint density at radius 1 is 1.43 bits per heavy atom. The highest BCUT2D eigenvalue weighted by Crippen LogP contribution is 2.22. The van der Waals surface area contributed by atoms with Gasteiger partial charge in [-0.05, 0) is 30.4 Å². The van der Waals surface area contributed by atoms with Crippen LogP contribution >= 0.6 is 11.8 Å². The number of hydrogen-bond acceptors (Lipinski definition) is 2. The summed E-state index contributed by atoms with van der Waals surface area (Å²) < 4.78 is 2.16. The van der Waals surface area contributed by atoms with Crippen LogP contribution in [0.15, 0.2) is 23.4 Å². The number of aryl methyl sites for hydroxylation is 2. The van der Waals surface area contributed by atoms with E-state index in [1.807, 2.05) is 0 Å². The minimum Gasteiger partial charge on any atom is -0.322 e. The minimum absolute atomic E-state index is 1.07. The second-order valence-electron chi connectivity index (χ2n) is 3.38. The van der Waals surface area contributed by atoms with E-state index in [1.165, 1.54) is 11.1 Å². The predicted molar refractivity (Wildman–Crippen MR) is 61.8 cm³/mol. The molecule has 2 aromatic rings. The first-order valence-corrected chi connectivity index (χ1v) is 5.77. The molecule has 1 aromatic carbocycles. The van der Waals surface area contributed by atoms with E-state index in [0.29, 0.717) is 0 Å². The normalized spacial score (nSPS) is 11.1. The molecule has 0 fully saturated rings. The maximum absolute atomic E-state index is 4.59. The third-order valence-corrected chi connectivity index (χ3v) is 3.18. The SMILES string of the molecule is CCSc1nc2cc(C)ccc2n1C. The maximum atomic E-state index is 4.59. The standard InChI is InChI=1S/C11H14N2S/c1-4-14-11-12-9-7-8(2)5-6-10(9)13(11)3/h5-7H,4H2,1-3H3. The molecule has 2 nitrogen and oxygen atoms in total. The van der Waals surface area contributed by atoms with Crippen LogP contribution in [0.5, 0.6) is 0 Å². The van der Waals surface area contributed by atoms with Gasteiger partial charge in [-0.15, -0.1) is 0 Å². The van der Waals surface area contributed by atoms with Crippen molar-refractivity contribution in [1.82, 2.24) is 9.55 Å². The van der Waals surface area contributed by atoms with Gasteiger partial charge in [-0.25, -0.2) is 4.98 Å². The van der Waals surface area contributed by atoms with Crippen molar-refractivity contribution in [3.8, 4) is 0 Å². The van der Waals surface area contributed by atoms with Gasteiger partial charge in [-0.3, -0.25) is 0 Å². The molecule has 0 aliphatic heterocycles. The first kappa shape index (κ1) is 9.59. The highest BCUT2D eigenvalue weighted by atomic mass is 32.2. The topological polar surface area (TPSA) is 17.8 Å². The van der Waals surface area contributed by atoms with E-state index in [0.717, 1.165) is 16.4 Å². The summed E-state index contributed by atoms with van der Waals surface area (Å²) in [6.45, 7) is 4.25. The quantitative estimate of drug-likeness (QED) is 0.703. The summed E-state index contributed by atoms with van der Waals surface area (Å²) in [4.78, 5) is 4.59. The van der Waals surface area contributed by atoms with Gasteiger partial charge in [-0.1, -0.05) is 24.8 Å². The fraction of sp³-hybridized carbons (Fsp3) is 0.364. The molecule has 0 bridgehead atoms. The Hall–Kier alpha value is -0.960. The third kappa shape index (κ3) is 1.52. The van der Waals surface area contributed by atoms with Crippen LogP contribution in [0.2, 0.25) is 0 Å². The van der Waals surface area contributed by atoms with Gasteiger partial charge < -0.3 is 4.57 Å². The lowest BCUT2D eigenvalue weighted by Gasteiger charge is -1.98. The number of fused-ring (bicyclic) bond motifs is 1. The van der Waals surface area contributed by atoms with Gasteiger partial charge in [0.2, 0.25) is 0 Å². The second kappa shape index (κ2) is 3.65. The Morgan fingerprint density at radius 2 is 2.21 bits per heavy atom. The van der Waals surface area contributed by atoms with Crippen molar-refractivity contribution in [2.45, 2.75) is 19.0 Å². The van der Waals surface area contributed by atoms with Gasteiger partial charge in [0.05, 0.1) is 11.0 Å². The van der Waals surface area contributed by atoms with E-state index in [-0.39, 0.29) is 0 Å². The molecule has 0 unspecified atom stereocenters. The smallest absolute Gasteiger partial charge is 0.168 e. The van der Waals surface area contributed by atoms with Crippen LogP contribution in [-0.4, -0.2) is 15.3 Å². The number of hydrogen-bond donors (Lipinski definition) is 0. The molecule has 0 amide bonds. The monoisotopic (exact) mass is 206 g/mol. The molecule has 74 valence electrons. The number of imidazole rings is 1. The molecule has 0 N–H and O–H groups in total. The molecule has 0 radical (unpaired) electrons. The zero-order valence-electron chi connectivity index (χ0n) is 8.74. The van der Waals surface area contributed by atoms with E-state index in [9.17, 15) is 0 Å². The Kier molecular flexibility index (Phi) is 2.50. The average Bonchev–Trinajstić information content (AvgIpc) is 2.44. The summed E-state index contributed by atoms with van der Waals surface area (Å²) >= 11 is 1.79. The van der Waals surface area contributed by atoms with Crippen LogP contribution in [-0.2, 0) is 7.05 Å². The van der Waals surface area contributed by atoms with Crippen molar-refractivity contribution in [3.63, 3.8) is 0 Å². The van der Waals surface area contributed by atoms with Gasteiger partial charge >= 0.3 is 0 Å². The molecule has 0 spiro atoms. The van der Waals surface area contributed by atoms with Crippen LogP contribution in [0.3, 0.4) is 0 Å². The molecule has 0 aliphatic rings. The van der Waals surface area contributed by atoms with Gasteiger partial charge in [-0.2, -0.15) is 0 Å². The fourth-order valence-corrected chi connectivity index (χ4v) is 2.26. The number of thioether (sulfide) groups is 1. The van der Waals surface area contributed by atoms with Gasteiger partial charge in [0, 0.05) is 7.05 Å². The number of rotatable bonds is 2. The second-order valence-corrected chi connectivity index (χ2v) is 4.61. The first-order valence-electron chi connectivity index (χ1n) is 4.78. The van der Waals surface area contributed by atoms with Crippen molar-refractivity contribution in [1.29, 1.82) is 0 Å². The van der Waals surface area contributed by atoms with E-state index in [4.69, 9.17) is 0 Å². The summed E-state index contributed by atoms with van der Waals surface area (Å²) in [7, 11) is 2.07. The van der Waals surface area contributed by atoms with Crippen LogP contribution in [0.25, 0.3) is 11.0 Å². The van der Waals surface area contributed by atoms with Crippen molar-refractivity contribution < 1.29 is 0 Å². The number of nitrogens with zero attached hydrogens (tertiary/aromatic N) is 2. The first-order chi connectivity index (χ1) is 6.72. The molecule has 0 saturated carbocycles. The zero-order valence-corrected chi connectivity index (χ0v) is 9.56. The zero-order chi connectivity index (χ0) is 10.1. The molecule has 1 aromatic heterocycles. The van der Waals surface area contributed by atoms with E-state index < -0.39 is 0 Å². The molecule has 1 heterocycles. The van der Waals surface area contributed by atoms with E-state index >= 15 is 0 Å². The summed E-state index contributed by atoms with van der Waals surface area (Å²) in [5, 5.41) is 1.10. The summed E-state index contributed by atoms with van der Waals surface area (Å²) in [6, 6.07) is 6.40. The van der Waals surface area contributed by atoms with Gasteiger partial charge in [0.1, 0.15) is 0 Å². The molecule has 0 atom stereocenters. The Bertz CT molecular complexity index is 460. The third-order valence-electron chi connectivity index (χ3n) is 2.27. The molecule has 14 heavy (non-hydrogen) atoms. The number of benzene rings is 1. The van der Waals surface area contributed by atoms with Crippen molar-refractivity contribution in [2.24, 2.45) is 7.05 Å².